The van der Waals surface area contributed by atoms with E-state index in [9.17, 15) is 4.79 Å². The second kappa shape index (κ2) is 8.99. The van der Waals surface area contributed by atoms with Crippen molar-refractivity contribution in [1.29, 1.82) is 0 Å². The molecule has 6 aromatic rings. The van der Waals surface area contributed by atoms with E-state index in [1.54, 1.807) is 19.4 Å². The fourth-order valence-electron chi connectivity index (χ4n) is 4.98. The molecule has 37 heavy (non-hydrogen) atoms. The summed E-state index contributed by atoms with van der Waals surface area (Å²) in [5, 5.41) is 6.12. The quantitative estimate of drug-likeness (QED) is 0.247. The largest absolute Gasteiger partial charge is 0.496 e. The summed E-state index contributed by atoms with van der Waals surface area (Å²) in [7, 11) is 1.63. The molecule has 0 aliphatic carbocycles. The van der Waals surface area contributed by atoms with Gasteiger partial charge in [0.1, 0.15) is 11.3 Å². The zero-order valence-corrected chi connectivity index (χ0v) is 20.8. The molecule has 6 rings (SSSR count). The van der Waals surface area contributed by atoms with Gasteiger partial charge >= 0.3 is 0 Å². The van der Waals surface area contributed by atoms with E-state index in [0.717, 1.165) is 60.6 Å². The van der Waals surface area contributed by atoms with E-state index in [-0.39, 0.29) is 5.91 Å². The van der Waals surface area contributed by atoms with Crippen molar-refractivity contribution >= 4 is 50.2 Å². The third-order valence-electron chi connectivity index (χ3n) is 6.73. The lowest BCUT2D eigenvalue weighted by atomic mass is 9.94. The summed E-state index contributed by atoms with van der Waals surface area (Å²) >= 11 is 0. The summed E-state index contributed by atoms with van der Waals surface area (Å²) in [4.78, 5) is 20.5. The molecule has 2 heterocycles. The molecular weight excluding hydrogens is 462 g/mol. The molecule has 0 radical (unpaired) electrons. The standard InChI is InChI=1S/C31H25N3O3/c1-18(15-28(35)34-31-32-26-13-6-7-14-27(26)33-31)23-16-24-25(17-37-30(24)19(2)29(23)36-3)22-12-8-10-20-9-4-5-11-21(20)22/h4-17H,1-3H3,(H2,32,33,34,35)/b18-15+. The Morgan fingerprint density at radius 2 is 1.78 bits per heavy atom. The number of carbonyl (C=O) groups excluding carboxylic acids is 1. The fraction of sp³-hybridized carbons (Fsp3) is 0.0968. The Kier molecular flexibility index (Phi) is 5.49. The molecule has 0 spiro atoms. The number of fused-ring (bicyclic) bond motifs is 3. The number of aryl methyl sites for hydroxylation is 1. The molecule has 2 N–H and O–H groups in total. The number of furan rings is 1. The van der Waals surface area contributed by atoms with Gasteiger partial charge in [-0.2, -0.15) is 0 Å². The first-order chi connectivity index (χ1) is 18.0. The smallest absolute Gasteiger partial charge is 0.250 e. The van der Waals surface area contributed by atoms with Crippen molar-refractivity contribution in [2.24, 2.45) is 0 Å². The zero-order valence-electron chi connectivity index (χ0n) is 20.8. The van der Waals surface area contributed by atoms with E-state index < -0.39 is 0 Å². The van der Waals surface area contributed by atoms with Crippen LogP contribution in [0.4, 0.5) is 5.95 Å². The minimum atomic E-state index is -0.280. The van der Waals surface area contributed by atoms with Crippen LogP contribution >= 0.6 is 0 Å². The van der Waals surface area contributed by atoms with E-state index in [1.807, 2.05) is 56.3 Å². The second-order valence-corrected chi connectivity index (χ2v) is 9.05. The number of anilines is 1. The number of H-pyrrole nitrogens is 1. The molecular formula is C31H25N3O3. The second-order valence-electron chi connectivity index (χ2n) is 9.05. The van der Waals surface area contributed by atoms with Crippen molar-refractivity contribution in [1.82, 2.24) is 9.97 Å². The van der Waals surface area contributed by atoms with Gasteiger partial charge < -0.3 is 14.1 Å². The molecule has 0 atom stereocenters. The van der Waals surface area contributed by atoms with Gasteiger partial charge in [-0.3, -0.25) is 10.1 Å². The van der Waals surface area contributed by atoms with Crippen LogP contribution < -0.4 is 10.1 Å². The lowest BCUT2D eigenvalue weighted by Crippen LogP contribution is -2.10. The molecule has 0 fully saturated rings. The van der Waals surface area contributed by atoms with Crippen LogP contribution in [0.1, 0.15) is 18.1 Å². The van der Waals surface area contributed by atoms with Gasteiger partial charge in [0.2, 0.25) is 5.95 Å². The summed E-state index contributed by atoms with van der Waals surface area (Å²) in [6.07, 6.45) is 3.37. The summed E-state index contributed by atoms with van der Waals surface area (Å²) in [6.45, 7) is 3.88. The number of imidazole rings is 1. The van der Waals surface area contributed by atoms with Gasteiger partial charge in [-0.05, 0) is 54.0 Å². The van der Waals surface area contributed by atoms with Gasteiger partial charge in [0, 0.05) is 28.2 Å². The number of carbonyl (C=O) groups is 1. The number of hydrogen-bond donors (Lipinski definition) is 2. The Morgan fingerprint density at radius 3 is 2.62 bits per heavy atom. The SMILES string of the molecule is COc1c(/C(C)=C/C(=O)Nc2nc3ccccc3[nH]2)cc2c(-c3cccc4ccccc34)coc2c1C. The first-order valence-corrected chi connectivity index (χ1v) is 12.0. The number of ether oxygens (including phenoxy) is 1. The van der Waals surface area contributed by atoms with Gasteiger partial charge in [0.05, 0.1) is 24.4 Å². The molecule has 1 amide bonds. The van der Waals surface area contributed by atoms with Gasteiger partial charge in [-0.1, -0.05) is 54.6 Å². The number of aromatic amines is 1. The lowest BCUT2D eigenvalue weighted by Gasteiger charge is -2.13. The van der Waals surface area contributed by atoms with Crippen LogP contribution in [0.5, 0.6) is 5.75 Å². The number of benzene rings is 4. The van der Waals surface area contributed by atoms with Crippen molar-refractivity contribution in [2.75, 3.05) is 12.4 Å². The van der Waals surface area contributed by atoms with Crippen molar-refractivity contribution in [3.05, 3.63) is 96.3 Å². The number of aromatic nitrogens is 2. The molecule has 0 bridgehead atoms. The van der Waals surface area contributed by atoms with E-state index in [2.05, 4.69) is 45.6 Å². The minimum absolute atomic E-state index is 0.280. The van der Waals surface area contributed by atoms with Crippen LogP contribution in [0, 0.1) is 6.92 Å². The zero-order chi connectivity index (χ0) is 25.5. The van der Waals surface area contributed by atoms with Crippen LogP contribution in [-0.2, 0) is 4.79 Å². The van der Waals surface area contributed by atoms with Gasteiger partial charge in [-0.15, -0.1) is 0 Å². The van der Waals surface area contributed by atoms with E-state index in [1.165, 1.54) is 0 Å². The highest BCUT2D eigenvalue weighted by Gasteiger charge is 2.20. The highest BCUT2D eigenvalue weighted by molar-refractivity contribution is 6.08. The minimum Gasteiger partial charge on any atom is -0.496 e. The summed E-state index contributed by atoms with van der Waals surface area (Å²) in [5.41, 5.74) is 6.99. The third-order valence-corrected chi connectivity index (χ3v) is 6.73. The maximum atomic E-state index is 12.9. The van der Waals surface area contributed by atoms with E-state index in [4.69, 9.17) is 9.15 Å². The number of allylic oxidation sites excluding steroid dienone is 1. The maximum Gasteiger partial charge on any atom is 0.250 e. The number of methoxy groups -OCH3 is 1. The van der Waals surface area contributed by atoms with Crippen molar-refractivity contribution < 1.29 is 13.9 Å². The maximum absolute atomic E-state index is 12.9. The van der Waals surface area contributed by atoms with Crippen molar-refractivity contribution in [3.63, 3.8) is 0 Å². The van der Waals surface area contributed by atoms with E-state index in [0.29, 0.717) is 11.7 Å². The monoisotopic (exact) mass is 487 g/mol. The molecule has 6 nitrogen and oxygen atoms in total. The van der Waals surface area contributed by atoms with Crippen LogP contribution in [0.25, 0.3) is 49.5 Å². The summed E-state index contributed by atoms with van der Waals surface area (Å²) in [6, 6.07) is 24.3. The fourth-order valence-corrected chi connectivity index (χ4v) is 4.98. The normalized spacial score (nSPS) is 11.9. The van der Waals surface area contributed by atoms with Crippen LogP contribution in [0.2, 0.25) is 0 Å². The molecule has 182 valence electrons. The van der Waals surface area contributed by atoms with Gasteiger partial charge in [0.15, 0.2) is 0 Å². The number of nitrogens with one attached hydrogen (secondary N) is 2. The average Bonchev–Trinajstić information content (AvgIpc) is 3.52. The first kappa shape index (κ1) is 22.6. The first-order valence-electron chi connectivity index (χ1n) is 12.0. The van der Waals surface area contributed by atoms with Crippen LogP contribution in [0.15, 0.2) is 89.6 Å². The molecule has 0 saturated carbocycles. The number of amides is 1. The highest BCUT2D eigenvalue weighted by atomic mass is 16.5. The Hall–Kier alpha value is -4.84. The Morgan fingerprint density at radius 1 is 1.00 bits per heavy atom. The van der Waals surface area contributed by atoms with Gasteiger partial charge in [-0.25, -0.2) is 4.98 Å². The van der Waals surface area contributed by atoms with Crippen LogP contribution in [-0.4, -0.2) is 23.0 Å². The highest BCUT2D eigenvalue weighted by Crippen LogP contribution is 2.42. The Balaban J connectivity index is 1.42. The number of nitrogens with zero attached hydrogens (tertiary/aromatic N) is 1. The van der Waals surface area contributed by atoms with Crippen molar-refractivity contribution in [2.45, 2.75) is 13.8 Å². The third kappa shape index (κ3) is 3.93. The number of hydrogen-bond acceptors (Lipinski definition) is 4. The lowest BCUT2D eigenvalue weighted by molar-refractivity contribution is -0.111. The predicted octanol–water partition coefficient (Wildman–Crippen LogP) is 7.49. The number of para-hydroxylation sites is 2. The topological polar surface area (TPSA) is 80.1 Å². The van der Waals surface area contributed by atoms with Crippen LogP contribution in [0.3, 0.4) is 0 Å². The summed E-state index contributed by atoms with van der Waals surface area (Å²) < 4.78 is 11.8. The number of rotatable bonds is 5. The predicted molar refractivity (Wildman–Crippen MR) is 149 cm³/mol. The van der Waals surface area contributed by atoms with E-state index >= 15 is 0 Å². The summed E-state index contributed by atoms with van der Waals surface area (Å²) in [5.74, 6) is 0.802. The molecule has 0 unspecified atom stereocenters. The molecule has 0 aliphatic rings. The molecule has 2 aromatic heterocycles. The molecule has 0 saturated heterocycles. The molecule has 6 heteroatoms. The molecule has 4 aromatic carbocycles. The molecule has 0 aliphatic heterocycles. The Bertz CT molecular complexity index is 1800. The average molecular weight is 488 g/mol. The van der Waals surface area contributed by atoms with Crippen molar-refractivity contribution in [3.8, 4) is 16.9 Å². The van der Waals surface area contributed by atoms with Gasteiger partial charge in [0.25, 0.3) is 5.91 Å². The Labute approximate surface area is 213 Å².